The zero-order chi connectivity index (χ0) is 18.0. The second-order valence-electron chi connectivity index (χ2n) is 6.43. The molecule has 1 aliphatic rings. The quantitative estimate of drug-likeness (QED) is 0.886. The molecule has 0 radical (unpaired) electrons. The van der Waals surface area contributed by atoms with Crippen LogP contribution in [-0.2, 0) is 19.3 Å². The topological polar surface area (TPSA) is 43.7 Å². The summed E-state index contributed by atoms with van der Waals surface area (Å²) in [6, 6.07) is 12.5. The van der Waals surface area contributed by atoms with E-state index in [0.29, 0.717) is 25.1 Å². The van der Waals surface area contributed by atoms with E-state index in [1.807, 2.05) is 29.2 Å². The largest absolute Gasteiger partial charge is 0.416 e. The summed E-state index contributed by atoms with van der Waals surface area (Å²) in [4.78, 5) is 1.99. The second kappa shape index (κ2) is 7.15. The molecule has 0 aromatic heterocycles. The minimum absolute atomic E-state index is 0.0322. The predicted molar refractivity (Wildman–Crippen MR) is 87.6 cm³/mol. The second-order valence-corrected chi connectivity index (χ2v) is 6.43. The molecule has 3 rings (SSSR count). The van der Waals surface area contributed by atoms with Gasteiger partial charge in [0.25, 0.3) is 0 Å². The standard InChI is InChI=1S/C19H20F3NO2/c20-19(21,22)16-3-1-2-15(8-16)18-9-17(25)11-23(18)10-13-4-6-14(12-24)7-5-13/h1-8,17-18,24-25H,9-12H2/t17-,18-/m0/s1. The van der Waals surface area contributed by atoms with E-state index in [9.17, 15) is 18.3 Å². The van der Waals surface area contributed by atoms with Crippen LogP contribution in [0.1, 0.15) is 34.7 Å². The maximum atomic E-state index is 13.0. The number of rotatable bonds is 4. The van der Waals surface area contributed by atoms with Gasteiger partial charge in [-0.1, -0.05) is 36.4 Å². The molecule has 2 N–H and O–H groups in total. The van der Waals surface area contributed by atoms with Gasteiger partial charge in [0.1, 0.15) is 0 Å². The number of aliphatic hydroxyl groups is 2. The summed E-state index contributed by atoms with van der Waals surface area (Å²) in [6.07, 6.45) is -4.52. The third kappa shape index (κ3) is 4.21. The van der Waals surface area contributed by atoms with Gasteiger partial charge in [-0.3, -0.25) is 4.90 Å². The summed E-state index contributed by atoms with van der Waals surface area (Å²) in [5.41, 5.74) is 1.69. The lowest BCUT2D eigenvalue weighted by molar-refractivity contribution is -0.137. The van der Waals surface area contributed by atoms with Crippen LogP contribution in [0.3, 0.4) is 0 Å². The molecule has 1 heterocycles. The SMILES string of the molecule is OCc1ccc(CN2C[C@@H](O)C[C@H]2c2cccc(C(F)(F)F)c2)cc1. The van der Waals surface area contributed by atoms with Crippen molar-refractivity contribution in [2.45, 2.75) is 37.9 Å². The van der Waals surface area contributed by atoms with Gasteiger partial charge in [-0.25, -0.2) is 0 Å². The predicted octanol–water partition coefficient (Wildman–Crippen LogP) is 3.51. The number of hydrogen-bond donors (Lipinski definition) is 2. The van der Waals surface area contributed by atoms with Crippen molar-refractivity contribution in [3.8, 4) is 0 Å². The monoisotopic (exact) mass is 351 g/mol. The smallest absolute Gasteiger partial charge is 0.392 e. The zero-order valence-corrected chi connectivity index (χ0v) is 13.6. The molecular weight excluding hydrogens is 331 g/mol. The first-order valence-electron chi connectivity index (χ1n) is 8.15. The Morgan fingerprint density at radius 2 is 1.72 bits per heavy atom. The molecular formula is C19H20F3NO2. The van der Waals surface area contributed by atoms with E-state index >= 15 is 0 Å². The summed E-state index contributed by atoms with van der Waals surface area (Å²) in [5.74, 6) is 0. The van der Waals surface area contributed by atoms with Crippen LogP contribution in [0.4, 0.5) is 13.2 Å². The first kappa shape index (κ1) is 17.9. The Balaban J connectivity index is 1.81. The van der Waals surface area contributed by atoms with Crippen molar-refractivity contribution in [1.82, 2.24) is 4.90 Å². The van der Waals surface area contributed by atoms with E-state index in [2.05, 4.69) is 0 Å². The normalized spacial score (nSPS) is 21.6. The van der Waals surface area contributed by atoms with Crippen molar-refractivity contribution in [3.05, 3.63) is 70.8 Å². The summed E-state index contributed by atoms with van der Waals surface area (Å²) in [7, 11) is 0. The van der Waals surface area contributed by atoms with E-state index in [0.717, 1.165) is 17.2 Å². The highest BCUT2D eigenvalue weighted by Gasteiger charge is 2.35. The van der Waals surface area contributed by atoms with Crippen molar-refractivity contribution in [1.29, 1.82) is 0 Å². The molecule has 1 aliphatic heterocycles. The summed E-state index contributed by atoms with van der Waals surface area (Å²) < 4.78 is 38.9. The number of likely N-dealkylation sites (tertiary alicyclic amines) is 1. The van der Waals surface area contributed by atoms with Crippen LogP contribution in [0.5, 0.6) is 0 Å². The first-order valence-corrected chi connectivity index (χ1v) is 8.15. The van der Waals surface area contributed by atoms with Crippen molar-refractivity contribution in [2.24, 2.45) is 0 Å². The van der Waals surface area contributed by atoms with E-state index in [4.69, 9.17) is 5.11 Å². The van der Waals surface area contributed by atoms with Crippen LogP contribution in [0.25, 0.3) is 0 Å². The molecule has 25 heavy (non-hydrogen) atoms. The van der Waals surface area contributed by atoms with Crippen LogP contribution in [0, 0.1) is 0 Å². The fraction of sp³-hybridized carbons (Fsp3) is 0.368. The Morgan fingerprint density at radius 3 is 2.36 bits per heavy atom. The Hall–Kier alpha value is -1.89. The van der Waals surface area contributed by atoms with Crippen molar-refractivity contribution in [2.75, 3.05) is 6.54 Å². The molecule has 2 aromatic carbocycles. The molecule has 1 saturated heterocycles. The molecule has 0 aliphatic carbocycles. The van der Waals surface area contributed by atoms with Crippen molar-refractivity contribution < 1.29 is 23.4 Å². The molecule has 3 nitrogen and oxygen atoms in total. The molecule has 1 fully saturated rings. The molecule has 6 heteroatoms. The number of β-amino-alcohol motifs (C(OH)–C–C–N with tert-alkyl or cyclic N) is 1. The van der Waals surface area contributed by atoms with E-state index in [-0.39, 0.29) is 12.6 Å². The highest BCUT2D eigenvalue weighted by molar-refractivity contribution is 5.29. The third-order valence-corrected chi connectivity index (χ3v) is 4.57. The highest BCUT2D eigenvalue weighted by Crippen LogP contribution is 2.36. The van der Waals surface area contributed by atoms with Gasteiger partial charge in [0, 0.05) is 19.1 Å². The molecule has 0 unspecified atom stereocenters. The van der Waals surface area contributed by atoms with Gasteiger partial charge in [-0.15, -0.1) is 0 Å². The molecule has 2 atom stereocenters. The Labute approximate surface area is 144 Å². The van der Waals surface area contributed by atoms with E-state index in [1.54, 1.807) is 6.07 Å². The minimum atomic E-state index is -4.38. The summed E-state index contributed by atoms with van der Waals surface area (Å²) in [5, 5.41) is 19.1. The lowest BCUT2D eigenvalue weighted by Gasteiger charge is -2.25. The van der Waals surface area contributed by atoms with Gasteiger partial charge in [-0.2, -0.15) is 13.2 Å². The van der Waals surface area contributed by atoms with Gasteiger partial charge >= 0.3 is 6.18 Å². The Kier molecular flexibility index (Phi) is 5.13. The zero-order valence-electron chi connectivity index (χ0n) is 13.6. The van der Waals surface area contributed by atoms with Crippen LogP contribution in [0.15, 0.2) is 48.5 Å². The number of alkyl halides is 3. The molecule has 134 valence electrons. The minimum Gasteiger partial charge on any atom is -0.392 e. The number of hydrogen-bond acceptors (Lipinski definition) is 3. The van der Waals surface area contributed by atoms with Gasteiger partial charge in [-0.05, 0) is 35.2 Å². The molecule has 0 amide bonds. The fourth-order valence-electron chi connectivity index (χ4n) is 3.31. The lowest BCUT2D eigenvalue weighted by Crippen LogP contribution is -2.24. The maximum Gasteiger partial charge on any atom is 0.416 e. The first-order chi connectivity index (χ1) is 11.9. The van der Waals surface area contributed by atoms with Gasteiger partial charge < -0.3 is 10.2 Å². The average Bonchev–Trinajstić information content (AvgIpc) is 2.95. The summed E-state index contributed by atoms with van der Waals surface area (Å²) >= 11 is 0. The number of halogens is 3. The Bertz CT molecular complexity index is 715. The van der Waals surface area contributed by atoms with E-state index < -0.39 is 17.8 Å². The number of aliphatic hydroxyl groups excluding tert-OH is 2. The van der Waals surface area contributed by atoms with Crippen molar-refractivity contribution >= 4 is 0 Å². The fourth-order valence-corrected chi connectivity index (χ4v) is 3.31. The molecule has 0 bridgehead atoms. The molecule has 0 spiro atoms. The van der Waals surface area contributed by atoms with Gasteiger partial charge in [0.05, 0.1) is 18.3 Å². The molecule has 2 aromatic rings. The van der Waals surface area contributed by atoms with E-state index in [1.165, 1.54) is 12.1 Å². The third-order valence-electron chi connectivity index (χ3n) is 4.57. The number of benzene rings is 2. The lowest BCUT2D eigenvalue weighted by atomic mass is 10.0. The van der Waals surface area contributed by atoms with Crippen molar-refractivity contribution in [3.63, 3.8) is 0 Å². The summed E-state index contributed by atoms with van der Waals surface area (Å²) in [6.45, 7) is 0.919. The molecule has 0 saturated carbocycles. The maximum absolute atomic E-state index is 13.0. The van der Waals surface area contributed by atoms with Gasteiger partial charge in [0.2, 0.25) is 0 Å². The highest BCUT2D eigenvalue weighted by atomic mass is 19.4. The van der Waals surface area contributed by atoms with Crippen LogP contribution in [0.2, 0.25) is 0 Å². The van der Waals surface area contributed by atoms with Gasteiger partial charge in [0.15, 0.2) is 0 Å². The van der Waals surface area contributed by atoms with Crippen LogP contribution >= 0.6 is 0 Å². The Morgan fingerprint density at radius 1 is 1.04 bits per heavy atom. The number of nitrogens with zero attached hydrogens (tertiary/aromatic N) is 1. The average molecular weight is 351 g/mol. The van der Waals surface area contributed by atoms with Crippen LogP contribution in [-0.4, -0.2) is 27.8 Å². The van der Waals surface area contributed by atoms with Crippen LogP contribution < -0.4 is 0 Å².